The second kappa shape index (κ2) is 8.27. The van der Waals surface area contributed by atoms with Gasteiger partial charge in [0.15, 0.2) is 5.96 Å². The number of halogens is 1. The second-order valence-corrected chi connectivity index (χ2v) is 8.28. The standard InChI is InChI=1S/C16H29N3S.HI/c1-17-15(18-10-7-14-5-6-14)19-11-12-20-16(13-19)8-3-2-4-9-16;/h14H,2-13H2,1H3,(H,17,18);1H. The lowest BCUT2D eigenvalue weighted by Gasteiger charge is -2.45. The van der Waals surface area contributed by atoms with Gasteiger partial charge >= 0.3 is 0 Å². The number of nitrogens with zero attached hydrogens (tertiary/aromatic N) is 2. The van der Waals surface area contributed by atoms with Crippen molar-refractivity contribution in [3.05, 3.63) is 0 Å². The van der Waals surface area contributed by atoms with Gasteiger partial charge in [0.05, 0.1) is 0 Å². The van der Waals surface area contributed by atoms with Crippen LogP contribution >= 0.6 is 35.7 Å². The molecule has 0 atom stereocenters. The first-order chi connectivity index (χ1) is 9.81. The SMILES string of the molecule is CN=C(NCCC1CC1)N1CCSC2(CCCCC2)C1.I. The number of rotatable bonds is 3. The fourth-order valence-corrected chi connectivity index (χ4v) is 5.22. The Bertz CT molecular complexity index is 346. The summed E-state index contributed by atoms with van der Waals surface area (Å²) in [6.45, 7) is 3.48. The van der Waals surface area contributed by atoms with Crippen molar-refractivity contribution in [3.8, 4) is 0 Å². The highest BCUT2D eigenvalue weighted by atomic mass is 127. The Morgan fingerprint density at radius 2 is 2.05 bits per heavy atom. The van der Waals surface area contributed by atoms with Crippen molar-refractivity contribution < 1.29 is 0 Å². The van der Waals surface area contributed by atoms with Crippen LogP contribution in [0.2, 0.25) is 0 Å². The first-order valence-electron chi connectivity index (χ1n) is 8.41. The fourth-order valence-electron chi connectivity index (χ4n) is 3.65. The van der Waals surface area contributed by atoms with E-state index in [1.807, 2.05) is 7.05 Å². The van der Waals surface area contributed by atoms with E-state index in [9.17, 15) is 0 Å². The molecule has 0 amide bonds. The van der Waals surface area contributed by atoms with E-state index in [1.54, 1.807) is 0 Å². The van der Waals surface area contributed by atoms with Crippen molar-refractivity contribution in [1.82, 2.24) is 10.2 Å². The monoisotopic (exact) mass is 423 g/mol. The highest BCUT2D eigenvalue weighted by Gasteiger charge is 2.38. The maximum atomic E-state index is 4.53. The van der Waals surface area contributed by atoms with E-state index in [0.29, 0.717) is 4.75 Å². The Hall–Kier alpha value is 0.350. The van der Waals surface area contributed by atoms with Gasteiger partial charge in [0.25, 0.3) is 0 Å². The van der Waals surface area contributed by atoms with Gasteiger partial charge in [-0.1, -0.05) is 32.1 Å². The molecule has 1 aliphatic heterocycles. The molecule has 0 aromatic heterocycles. The van der Waals surface area contributed by atoms with Crippen LogP contribution in [0.3, 0.4) is 0 Å². The average molecular weight is 423 g/mol. The number of thioether (sulfide) groups is 1. The van der Waals surface area contributed by atoms with E-state index in [1.165, 1.54) is 63.7 Å². The largest absolute Gasteiger partial charge is 0.356 e. The van der Waals surface area contributed by atoms with Crippen LogP contribution in [0.1, 0.15) is 51.4 Å². The minimum absolute atomic E-state index is 0. The molecule has 3 aliphatic rings. The molecule has 1 N–H and O–H groups in total. The van der Waals surface area contributed by atoms with Gasteiger partial charge in [0.2, 0.25) is 0 Å². The van der Waals surface area contributed by atoms with Crippen molar-refractivity contribution in [2.24, 2.45) is 10.9 Å². The molecule has 0 aromatic rings. The molecule has 0 unspecified atom stereocenters. The number of hydrogen-bond donors (Lipinski definition) is 1. The summed E-state index contributed by atoms with van der Waals surface area (Å²) in [4.78, 5) is 7.05. The molecule has 1 saturated heterocycles. The molecule has 0 aromatic carbocycles. The molecule has 2 saturated carbocycles. The normalized spacial score (nSPS) is 25.6. The van der Waals surface area contributed by atoms with Gasteiger partial charge in [-0.2, -0.15) is 11.8 Å². The summed E-state index contributed by atoms with van der Waals surface area (Å²) in [5.74, 6) is 3.42. The van der Waals surface area contributed by atoms with Crippen LogP contribution in [0.25, 0.3) is 0 Å². The number of nitrogens with one attached hydrogen (secondary N) is 1. The summed E-state index contributed by atoms with van der Waals surface area (Å²) in [5, 5.41) is 3.60. The van der Waals surface area contributed by atoms with E-state index >= 15 is 0 Å². The Labute approximate surface area is 151 Å². The number of aliphatic imine (C=N–C) groups is 1. The lowest BCUT2D eigenvalue weighted by molar-refractivity contribution is 0.293. The number of hydrogen-bond acceptors (Lipinski definition) is 2. The topological polar surface area (TPSA) is 27.6 Å². The molecule has 21 heavy (non-hydrogen) atoms. The van der Waals surface area contributed by atoms with Gasteiger partial charge in [0.1, 0.15) is 0 Å². The molecular weight excluding hydrogens is 393 g/mol. The molecule has 3 rings (SSSR count). The molecule has 1 spiro atoms. The molecule has 3 fully saturated rings. The molecule has 122 valence electrons. The van der Waals surface area contributed by atoms with Crippen LogP contribution < -0.4 is 5.32 Å². The van der Waals surface area contributed by atoms with Gasteiger partial charge in [-0.15, -0.1) is 24.0 Å². The van der Waals surface area contributed by atoms with E-state index in [4.69, 9.17) is 0 Å². The van der Waals surface area contributed by atoms with Crippen molar-refractivity contribution in [2.45, 2.75) is 56.1 Å². The second-order valence-electron chi connectivity index (χ2n) is 6.72. The number of guanidine groups is 1. The predicted molar refractivity (Wildman–Crippen MR) is 104 cm³/mol. The van der Waals surface area contributed by atoms with Crippen molar-refractivity contribution in [3.63, 3.8) is 0 Å². The summed E-state index contributed by atoms with van der Waals surface area (Å²) in [5.41, 5.74) is 0. The van der Waals surface area contributed by atoms with Gasteiger partial charge in [-0.25, -0.2) is 0 Å². The first-order valence-corrected chi connectivity index (χ1v) is 9.39. The summed E-state index contributed by atoms with van der Waals surface area (Å²) < 4.78 is 0.532. The zero-order valence-corrected chi connectivity index (χ0v) is 16.4. The quantitative estimate of drug-likeness (QED) is 0.426. The summed E-state index contributed by atoms with van der Waals surface area (Å²) in [7, 11) is 1.94. The molecule has 0 bridgehead atoms. The maximum Gasteiger partial charge on any atom is 0.193 e. The van der Waals surface area contributed by atoms with Crippen LogP contribution in [0.4, 0.5) is 0 Å². The van der Waals surface area contributed by atoms with E-state index < -0.39 is 0 Å². The van der Waals surface area contributed by atoms with Gasteiger partial charge in [-0.05, 0) is 25.2 Å². The van der Waals surface area contributed by atoms with Gasteiger partial charge in [0, 0.05) is 37.2 Å². The Balaban J connectivity index is 0.00000161. The third-order valence-corrected chi connectivity index (χ3v) is 6.59. The lowest BCUT2D eigenvalue weighted by Crippen LogP contribution is -2.53. The molecule has 5 heteroatoms. The molecule has 1 heterocycles. The summed E-state index contributed by atoms with van der Waals surface area (Å²) in [6.07, 6.45) is 11.3. The van der Waals surface area contributed by atoms with E-state index in [0.717, 1.165) is 25.0 Å². The Morgan fingerprint density at radius 3 is 2.71 bits per heavy atom. The molecule has 0 radical (unpaired) electrons. The maximum absolute atomic E-state index is 4.53. The Kier molecular flexibility index (Phi) is 6.97. The van der Waals surface area contributed by atoms with Crippen molar-refractivity contribution in [2.75, 3.05) is 32.4 Å². The van der Waals surface area contributed by atoms with Crippen LogP contribution in [-0.2, 0) is 0 Å². The summed E-state index contributed by atoms with van der Waals surface area (Å²) in [6, 6.07) is 0. The highest BCUT2D eigenvalue weighted by Crippen LogP contribution is 2.42. The average Bonchev–Trinajstić information content (AvgIpc) is 3.29. The van der Waals surface area contributed by atoms with Crippen molar-refractivity contribution >= 4 is 41.7 Å². The van der Waals surface area contributed by atoms with Gasteiger partial charge < -0.3 is 10.2 Å². The molecule has 3 nitrogen and oxygen atoms in total. The van der Waals surface area contributed by atoms with E-state index in [-0.39, 0.29) is 24.0 Å². The third kappa shape index (κ3) is 4.91. The van der Waals surface area contributed by atoms with Crippen LogP contribution in [-0.4, -0.2) is 48.0 Å². The van der Waals surface area contributed by atoms with E-state index in [2.05, 4.69) is 27.0 Å². The minimum Gasteiger partial charge on any atom is -0.356 e. The fraction of sp³-hybridized carbons (Fsp3) is 0.938. The van der Waals surface area contributed by atoms with Crippen LogP contribution in [0.15, 0.2) is 4.99 Å². The third-order valence-electron chi connectivity index (χ3n) is 5.06. The molecular formula is C16H30IN3S. The van der Waals surface area contributed by atoms with Crippen LogP contribution in [0, 0.1) is 5.92 Å². The Morgan fingerprint density at radius 1 is 1.29 bits per heavy atom. The smallest absolute Gasteiger partial charge is 0.193 e. The first kappa shape index (κ1) is 17.7. The van der Waals surface area contributed by atoms with Gasteiger partial charge in [-0.3, -0.25) is 4.99 Å². The highest BCUT2D eigenvalue weighted by molar-refractivity contribution is 14.0. The zero-order chi connectivity index (χ0) is 13.8. The van der Waals surface area contributed by atoms with Crippen molar-refractivity contribution in [1.29, 1.82) is 0 Å². The lowest BCUT2D eigenvalue weighted by atomic mass is 9.87. The summed E-state index contributed by atoms with van der Waals surface area (Å²) >= 11 is 2.23. The minimum atomic E-state index is 0. The van der Waals surface area contributed by atoms with Crippen LogP contribution in [0.5, 0.6) is 0 Å². The molecule has 2 aliphatic carbocycles. The zero-order valence-electron chi connectivity index (χ0n) is 13.3. The predicted octanol–water partition coefficient (Wildman–Crippen LogP) is 3.73.